The van der Waals surface area contributed by atoms with Crippen molar-refractivity contribution in [3.05, 3.63) is 66.1 Å². The van der Waals surface area contributed by atoms with Crippen LogP contribution in [0.15, 0.2) is 55.0 Å². The van der Waals surface area contributed by atoms with Crippen LogP contribution in [0.1, 0.15) is 11.1 Å². The number of carboxylic acids is 1. The fraction of sp³-hybridized carbons (Fsp3) is 0.370. The highest BCUT2D eigenvalue weighted by molar-refractivity contribution is 5.78. The molecular weight excluding hydrogens is 486 g/mol. The van der Waals surface area contributed by atoms with Crippen molar-refractivity contribution in [2.75, 3.05) is 63.2 Å². The van der Waals surface area contributed by atoms with Gasteiger partial charge in [0.05, 0.1) is 13.2 Å². The molecule has 3 heterocycles. The van der Waals surface area contributed by atoms with E-state index >= 15 is 0 Å². The summed E-state index contributed by atoms with van der Waals surface area (Å²) in [6.07, 6.45) is 5.40. The van der Waals surface area contributed by atoms with E-state index in [1.54, 1.807) is 25.2 Å². The Hall–Kier alpha value is -4.09. The molecule has 0 spiro atoms. The molecule has 11 heteroatoms. The van der Waals surface area contributed by atoms with Crippen molar-refractivity contribution in [1.29, 1.82) is 0 Å². The molecule has 1 saturated heterocycles. The van der Waals surface area contributed by atoms with Gasteiger partial charge in [0, 0.05) is 69.5 Å². The van der Waals surface area contributed by atoms with Gasteiger partial charge in [0.1, 0.15) is 12.4 Å². The number of pyridine rings is 1. The summed E-state index contributed by atoms with van der Waals surface area (Å²) in [7, 11) is 3.56. The number of nitrogens with zero attached hydrogens (tertiary/aromatic N) is 6. The number of carbonyl (C=O) groups excluding carboxylic acids is 1. The molecule has 3 aromatic rings. The average Bonchev–Trinajstić information content (AvgIpc) is 2.94. The zero-order chi connectivity index (χ0) is 26.9. The molecule has 1 aliphatic heterocycles. The number of amides is 1. The zero-order valence-electron chi connectivity index (χ0n) is 21.7. The third kappa shape index (κ3) is 7.02. The number of piperazine rings is 1. The van der Waals surface area contributed by atoms with Crippen LogP contribution in [0.2, 0.25) is 0 Å². The Kier molecular flexibility index (Phi) is 9.17. The highest BCUT2D eigenvalue weighted by Gasteiger charge is 2.22. The summed E-state index contributed by atoms with van der Waals surface area (Å²) >= 11 is 0. The number of benzene rings is 1. The number of anilines is 2. The lowest BCUT2D eigenvalue weighted by molar-refractivity contribution is -0.142. The molecule has 38 heavy (non-hydrogen) atoms. The van der Waals surface area contributed by atoms with Crippen molar-refractivity contribution in [1.82, 2.24) is 25.2 Å². The molecule has 200 valence electrons. The maximum absolute atomic E-state index is 12.1. The van der Waals surface area contributed by atoms with Crippen LogP contribution in [-0.4, -0.2) is 90.3 Å². The lowest BCUT2D eigenvalue weighted by atomic mass is 10.1. The van der Waals surface area contributed by atoms with Crippen LogP contribution in [0.3, 0.4) is 0 Å². The van der Waals surface area contributed by atoms with Gasteiger partial charge >= 0.3 is 5.97 Å². The summed E-state index contributed by atoms with van der Waals surface area (Å²) in [5.41, 5.74) is 3.82. The van der Waals surface area contributed by atoms with Crippen molar-refractivity contribution in [3.63, 3.8) is 0 Å². The quantitative estimate of drug-likeness (QED) is 0.386. The minimum Gasteiger partial charge on any atom is -0.480 e. The predicted molar refractivity (Wildman–Crippen MR) is 144 cm³/mol. The lowest BCUT2D eigenvalue weighted by Crippen LogP contribution is -2.47. The highest BCUT2D eigenvalue weighted by atomic mass is 16.5. The van der Waals surface area contributed by atoms with Gasteiger partial charge in [-0.2, -0.15) is 0 Å². The van der Waals surface area contributed by atoms with E-state index in [2.05, 4.69) is 36.1 Å². The number of nitrogens with one attached hydrogen (secondary N) is 1. The van der Waals surface area contributed by atoms with Crippen LogP contribution in [0.5, 0.6) is 0 Å². The van der Waals surface area contributed by atoms with E-state index in [4.69, 9.17) is 9.84 Å². The SMILES string of the molecule is CNCC(=O)N(C)Cc1cccc(-c2cnc(N3CCN(c4ncccc4COCC(=O)O)CC3)nc2)c1. The van der Waals surface area contributed by atoms with Crippen molar-refractivity contribution >= 4 is 23.6 Å². The predicted octanol–water partition coefficient (Wildman–Crippen LogP) is 1.64. The van der Waals surface area contributed by atoms with Gasteiger partial charge in [0.25, 0.3) is 0 Å². The van der Waals surface area contributed by atoms with Crippen LogP contribution in [0.4, 0.5) is 11.8 Å². The third-order valence-electron chi connectivity index (χ3n) is 6.28. The van der Waals surface area contributed by atoms with E-state index in [1.807, 2.05) is 42.7 Å². The van der Waals surface area contributed by atoms with Crippen LogP contribution >= 0.6 is 0 Å². The first-order chi connectivity index (χ1) is 18.4. The molecule has 4 rings (SSSR count). The van der Waals surface area contributed by atoms with E-state index in [-0.39, 0.29) is 19.1 Å². The summed E-state index contributed by atoms with van der Waals surface area (Å²) in [6, 6.07) is 11.8. The van der Waals surface area contributed by atoms with Gasteiger partial charge in [-0.05, 0) is 30.3 Å². The third-order valence-corrected chi connectivity index (χ3v) is 6.28. The Balaban J connectivity index is 1.36. The van der Waals surface area contributed by atoms with Gasteiger partial charge in [-0.1, -0.05) is 24.3 Å². The Morgan fingerprint density at radius 2 is 1.76 bits per heavy atom. The number of likely N-dealkylation sites (N-methyl/N-ethyl adjacent to an activating group) is 2. The number of hydrogen-bond acceptors (Lipinski definition) is 9. The smallest absolute Gasteiger partial charge is 0.329 e. The van der Waals surface area contributed by atoms with Gasteiger partial charge in [-0.15, -0.1) is 0 Å². The fourth-order valence-corrected chi connectivity index (χ4v) is 4.33. The fourth-order valence-electron chi connectivity index (χ4n) is 4.33. The monoisotopic (exact) mass is 519 g/mol. The Morgan fingerprint density at radius 3 is 2.47 bits per heavy atom. The van der Waals surface area contributed by atoms with Gasteiger partial charge < -0.3 is 29.9 Å². The molecule has 1 fully saturated rings. The van der Waals surface area contributed by atoms with E-state index in [0.29, 0.717) is 19.0 Å². The van der Waals surface area contributed by atoms with Crippen LogP contribution < -0.4 is 15.1 Å². The average molecular weight is 520 g/mol. The number of carbonyl (C=O) groups is 2. The summed E-state index contributed by atoms with van der Waals surface area (Å²) in [5.74, 6) is 0.531. The molecule has 11 nitrogen and oxygen atoms in total. The van der Waals surface area contributed by atoms with Crippen molar-refractivity contribution in [2.45, 2.75) is 13.2 Å². The molecule has 0 saturated carbocycles. The number of rotatable bonds is 11. The van der Waals surface area contributed by atoms with Crippen LogP contribution in [0, 0.1) is 0 Å². The van der Waals surface area contributed by atoms with Gasteiger partial charge in [0.2, 0.25) is 11.9 Å². The van der Waals surface area contributed by atoms with Gasteiger partial charge in [0.15, 0.2) is 0 Å². The Labute approximate surface area is 222 Å². The molecule has 0 atom stereocenters. The molecule has 0 aliphatic carbocycles. The first-order valence-corrected chi connectivity index (χ1v) is 12.5. The molecule has 0 unspecified atom stereocenters. The minimum atomic E-state index is -0.993. The molecule has 2 N–H and O–H groups in total. The maximum atomic E-state index is 12.1. The minimum absolute atomic E-state index is 0.0384. The van der Waals surface area contributed by atoms with Gasteiger partial charge in [-0.25, -0.2) is 19.7 Å². The molecular formula is C27H33N7O4. The van der Waals surface area contributed by atoms with E-state index in [1.165, 1.54) is 0 Å². The van der Waals surface area contributed by atoms with Crippen molar-refractivity contribution < 1.29 is 19.4 Å². The molecule has 1 aliphatic rings. The summed E-state index contributed by atoms with van der Waals surface area (Å²) in [6.45, 7) is 3.62. The Bertz CT molecular complexity index is 1230. The number of carboxylic acid groups (broad SMARTS) is 1. The van der Waals surface area contributed by atoms with E-state index < -0.39 is 5.97 Å². The van der Waals surface area contributed by atoms with Crippen molar-refractivity contribution in [3.8, 4) is 11.1 Å². The second-order valence-corrected chi connectivity index (χ2v) is 9.10. The first-order valence-electron chi connectivity index (χ1n) is 12.5. The summed E-state index contributed by atoms with van der Waals surface area (Å²) in [5, 5.41) is 11.7. The normalized spacial score (nSPS) is 13.4. The molecule has 1 amide bonds. The first kappa shape index (κ1) is 27.0. The lowest BCUT2D eigenvalue weighted by Gasteiger charge is -2.36. The number of aromatic nitrogens is 3. The topological polar surface area (TPSA) is 124 Å². The number of hydrogen-bond donors (Lipinski definition) is 2. The Morgan fingerprint density at radius 1 is 1.03 bits per heavy atom. The summed E-state index contributed by atoms with van der Waals surface area (Å²) < 4.78 is 5.28. The standard InChI is InChI=1S/C27H33N7O4/c1-28-16-24(35)32(2)17-20-5-3-6-21(13-20)23-14-30-27(31-15-23)34-11-9-33(10-12-34)26-22(7-4-8-29-26)18-38-19-25(36)37/h3-8,13-15,28H,9-12,16-19H2,1-2H3,(H,36,37). The van der Waals surface area contributed by atoms with E-state index in [0.717, 1.165) is 54.3 Å². The van der Waals surface area contributed by atoms with Crippen molar-refractivity contribution in [2.24, 2.45) is 0 Å². The molecule has 0 radical (unpaired) electrons. The van der Waals surface area contributed by atoms with Crippen LogP contribution in [-0.2, 0) is 27.5 Å². The largest absolute Gasteiger partial charge is 0.480 e. The summed E-state index contributed by atoms with van der Waals surface area (Å²) in [4.78, 5) is 42.6. The van der Waals surface area contributed by atoms with Gasteiger partial charge in [-0.3, -0.25) is 4.79 Å². The number of ether oxygens (including phenoxy) is 1. The molecule has 1 aromatic carbocycles. The van der Waals surface area contributed by atoms with Crippen LogP contribution in [0.25, 0.3) is 11.1 Å². The number of aliphatic carboxylic acids is 1. The molecule has 2 aromatic heterocycles. The second-order valence-electron chi connectivity index (χ2n) is 9.10. The van der Waals surface area contributed by atoms with E-state index in [9.17, 15) is 9.59 Å². The highest BCUT2D eigenvalue weighted by Crippen LogP contribution is 2.23. The second kappa shape index (κ2) is 12.9. The maximum Gasteiger partial charge on any atom is 0.329 e. The zero-order valence-corrected chi connectivity index (χ0v) is 21.7. The molecule has 0 bridgehead atoms.